The third-order valence-corrected chi connectivity index (χ3v) is 7.01. The van der Waals surface area contributed by atoms with Crippen LogP contribution in [-0.4, -0.2) is 53.2 Å². The first-order valence-electron chi connectivity index (χ1n) is 11.8. The largest absolute Gasteiger partial charge is 0.416 e. The van der Waals surface area contributed by atoms with Crippen LogP contribution in [0.5, 0.6) is 0 Å². The van der Waals surface area contributed by atoms with Crippen LogP contribution >= 0.6 is 0 Å². The Balaban J connectivity index is 1.65. The number of rotatable bonds is 7. The fourth-order valence-corrected chi connectivity index (χ4v) is 4.91. The van der Waals surface area contributed by atoms with E-state index >= 15 is 0 Å². The Hall–Kier alpha value is -3.21. The molecule has 0 bridgehead atoms. The fraction of sp³-hybridized carbons (Fsp3) is 0.423. The first kappa shape index (κ1) is 26.8. The third-order valence-electron chi connectivity index (χ3n) is 7.01. The Morgan fingerprint density at radius 2 is 1.62 bits per heavy atom. The second-order valence-corrected chi connectivity index (χ2v) is 9.64. The molecule has 2 heterocycles. The number of aryl methyl sites for hydroxylation is 1. The monoisotopic (exact) mass is 526 g/mol. The minimum Gasteiger partial charge on any atom is -0.361 e. The molecule has 3 atom stereocenters. The van der Waals surface area contributed by atoms with Gasteiger partial charge >= 0.3 is 18.4 Å². The van der Waals surface area contributed by atoms with Gasteiger partial charge < -0.3 is 15.2 Å². The number of hydrogen-bond donors (Lipinski definition) is 2. The van der Waals surface area contributed by atoms with E-state index in [4.69, 9.17) is 0 Å². The number of amides is 2. The summed E-state index contributed by atoms with van der Waals surface area (Å²) in [6.45, 7) is 1.83. The van der Waals surface area contributed by atoms with Crippen molar-refractivity contribution in [1.82, 2.24) is 20.1 Å². The smallest absolute Gasteiger partial charge is 0.361 e. The lowest BCUT2D eigenvalue weighted by Gasteiger charge is -2.35. The standard InChI is InChI=1S/C26H28F6N4O/c1-15(35(2)3)36-23(9-8-16-10-18(25(27,28)29)13-19(11-16)26(30,31)32)22(34-24(36)37)12-17-14-33-21-7-5-4-6-20(17)21/h4-7,10-11,13-15,22-23,33H,8-9,12H2,1-3H3,(H,34,37). The van der Waals surface area contributed by atoms with Gasteiger partial charge in [0.05, 0.1) is 29.4 Å². The molecular formula is C26H28F6N4O. The van der Waals surface area contributed by atoms with Crippen molar-refractivity contribution in [3.8, 4) is 0 Å². The molecule has 5 nitrogen and oxygen atoms in total. The predicted octanol–water partition coefficient (Wildman–Crippen LogP) is 6.05. The molecule has 1 aliphatic rings. The molecule has 1 saturated heterocycles. The van der Waals surface area contributed by atoms with E-state index in [-0.39, 0.29) is 42.7 Å². The molecule has 2 N–H and O–H groups in total. The Morgan fingerprint density at radius 3 is 2.22 bits per heavy atom. The van der Waals surface area contributed by atoms with Crippen LogP contribution in [0.4, 0.5) is 31.1 Å². The van der Waals surface area contributed by atoms with Gasteiger partial charge in [-0.3, -0.25) is 4.90 Å². The summed E-state index contributed by atoms with van der Waals surface area (Å²) in [5.41, 5.74) is -0.868. The highest BCUT2D eigenvalue weighted by molar-refractivity contribution is 5.83. The van der Waals surface area contributed by atoms with Gasteiger partial charge in [-0.15, -0.1) is 0 Å². The molecule has 1 fully saturated rings. The van der Waals surface area contributed by atoms with Crippen molar-refractivity contribution in [3.05, 3.63) is 70.9 Å². The lowest BCUT2D eigenvalue weighted by atomic mass is 9.93. The summed E-state index contributed by atoms with van der Waals surface area (Å²) in [5.74, 6) is 0. The number of hydrogen-bond acceptors (Lipinski definition) is 2. The van der Waals surface area contributed by atoms with Crippen LogP contribution in [0.25, 0.3) is 10.9 Å². The topological polar surface area (TPSA) is 51.4 Å². The van der Waals surface area contributed by atoms with Crippen LogP contribution in [-0.2, 0) is 25.2 Å². The Kier molecular flexibility index (Phi) is 7.20. The summed E-state index contributed by atoms with van der Waals surface area (Å²) in [7, 11) is 3.59. The molecular weight excluding hydrogens is 498 g/mol. The Bertz CT molecular complexity index is 1230. The van der Waals surface area contributed by atoms with Gasteiger partial charge in [-0.2, -0.15) is 26.3 Å². The number of H-pyrrole nitrogens is 1. The van der Waals surface area contributed by atoms with Gasteiger partial charge in [0.25, 0.3) is 0 Å². The van der Waals surface area contributed by atoms with Crippen molar-refractivity contribution in [3.63, 3.8) is 0 Å². The summed E-state index contributed by atoms with van der Waals surface area (Å²) in [6, 6.07) is 8.15. The van der Waals surface area contributed by atoms with Crippen LogP contribution in [0.1, 0.15) is 35.6 Å². The number of halogens is 6. The number of para-hydroxylation sites is 1. The molecule has 4 rings (SSSR count). The lowest BCUT2D eigenvalue weighted by Crippen LogP contribution is -2.49. The molecule has 0 radical (unpaired) electrons. The average Bonchev–Trinajstić information content (AvgIpc) is 3.36. The molecule has 37 heavy (non-hydrogen) atoms. The number of nitrogens with one attached hydrogen (secondary N) is 2. The Labute approximate surface area is 210 Å². The molecule has 1 aliphatic heterocycles. The number of aromatic amines is 1. The minimum atomic E-state index is -4.91. The second-order valence-electron chi connectivity index (χ2n) is 9.64. The highest BCUT2D eigenvalue weighted by Gasteiger charge is 2.42. The molecule has 0 spiro atoms. The number of alkyl halides is 6. The quantitative estimate of drug-likeness (QED) is 0.369. The van der Waals surface area contributed by atoms with Crippen LogP contribution in [0, 0.1) is 0 Å². The van der Waals surface area contributed by atoms with Crippen molar-refractivity contribution >= 4 is 16.9 Å². The van der Waals surface area contributed by atoms with Gasteiger partial charge in [-0.25, -0.2) is 4.79 Å². The first-order chi connectivity index (χ1) is 17.3. The number of carbonyl (C=O) groups is 1. The molecule has 0 saturated carbocycles. The zero-order chi connectivity index (χ0) is 27.1. The first-order valence-corrected chi connectivity index (χ1v) is 11.8. The number of nitrogens with zero attached hydrogens (tertiary/aromatic N) is 2. The fourth-order valence-electron chi connectivity index (χ4n) is 4.91. The summed E-state index contributed by atoms with van der Waals surface area (Å²) < 4.78 is 80.1. The predicted molar refractivity (Wildman–Crippen MR) is 128 cm³/mol. The van der Waals surface area contributed by atoms with E-state index in [9.17, 15) is 31.1 Å². The minimum absolute atomic E-state index is 0.0618. The molecule has 3 unspecified atom stereocenters. The maximum absolute atomic E-state index is 13.3. The van der Waals surface area contributed by atoms with Gasteiger partial charge in [0.1, 0.15) is 0 Å². The molecule has 1 aromatic heterocycles. The van der Waals surface area contributed by atoms with E-state index in [0.717, 1.165) is 28.6 Å². The van der Waals surface area contributed by atoms with E-state index in [0.29, 0.717) is 6.42 Å². The van der Waals surface area contributed by atoms with Crippen molar-refractivity contribution in [2.24, 2.45) is 0 Å². The number of carbonyl (C=O) groups excluding carboxylic acids is 1. The van der Waals surface area contributed by atoms with Crippen molar-refractivity contribution < 1.29 is 31.1 Å². The zero-order valence-corrected chi connectivity index (χ0v) is 20.5. The number of urea groups is 1. The summed E-state index contributed by atoms with van der Waals surface area (Å²) in [4.78, 5) is 19.6. The van der Waals surface area contributed by atoms with Crippen LogP contribution in [0.3, 0.4) is 0 Å². The summed E-state index contributed by atoms with van der Waals surface area (Å²) in [6.07, 6.45) is -7.74. The van der Waals surface area contributed by atoms with Crippen LogP contribution in [0.15, 0.2) is 48.7 Å². The van der Waals surface area contributed by atoms with E-state index in [2.05, 4.69) is 10.3 Å². The van der Waals surface area contributed by atoms with E-state index in [1.165, 1.54) is 0 Å². The van der Waals surface area contributed by atoms with Gasteiger partial charge in [-0.1, -0.05) is 18.2 Å². The maximum Gasteiger partial charge on any atom is 0.416 e. The van der Waals surface area contributed by atoms with Gasteiger partial charge in [0.15, 0.2) is 0 Å². The molecule has 2 amide bonds. The zero-order valence-electron chi connectivity index (χ0n) is 20.5. The highest BCUT2D eigenvalue weighted by atomic mass is 19.4. The van der Waals surface area contributed by atoms with Crippen molar-refractivity contribution in [2.45, 2.75) is 56.8 Å². The van der Waals surface area contributed by atoms with E-state index in [1.807, 2.05) is 42.3 Å². The Morgan fingerprint density at radius 1 is 1.00 bits per heavy atom. The summed E-state index contributed by atoms with van der Waals surface area (Å²) in [5, 5.41) is 3.98. The van der Waals surface area contributed by atoms with Gasteiger partial charge in [0, 0.05) is 17.1 Å². The van der Waals surface area contributed by atoms with Gasteiger partial charge in [-0.05, 0) is 75.7 Å². The number of fused-ring (bicyclic) bond motifs is 1. The molecule has 200 valence electrons. The SMILES string of the molecule is CC(N(C)C)N1C(=O)NC(Cc2c[nH]c3ccccc23)C1CCc1cc(C(F)(F)F)cc(C(F)(F)F)c1. The highest BCUT2D eigenvalue weighted by Crippen LogP contribution is 2.37. The van der Waals surface area contributed by atoms with Gasteiger partial charge in [0.2, 0.25) is 0 Å². The van der Waals surface area contributed by atoms with Crippen LogP contribution < -0.4 is 5.32 Å². The third kappa shape index (κ3) is 5.71. The second kappa shape index (κ2) is 9.92. The van der Waals surface area contributed by atoms with Crippen LogP contribution in [0.2, 0.25) is 0 Å². The normalized spacial score (nSPS) is 19.6. The molecule has 3 aromatic rings. The molecule has 11 heteroatoms. The van der Waals surface area contributed by atoms with Crippen molar-refractivity contribution in [2.75, 3.05) is 14.1 Å². The molecule has 0 aliphatic carbocycles. The average molecular weight is 527 g/mol. The number of benzene rings is 2. The molecule has 2 aromatic carbocycles. The lowest BCUT2D eigenvalue weighted by molar-refractivity contribution is -0.143. The number of aromatic nitrogens is 1. The summed E-state index contributed by atoms with van der Waals surface area (Å²) >= 11 is 0. The van der Waals surface area contributed by atoms with Crippen molar-refractivity contribution in [1.29, 1.82) is 0 Å². The van der Waals surface area contributed by atoms with E-state index < -0.39 is 29.5 Å². The van der Waals surface area contributed by atoms with E-state index in [1.54, 1.807) is 19.0 Å². The maximum atomic E-state index is 13.3.